The van der Waals surface area contributed by atoms with Gasteiger partial charge < -0.3 is 15.2 Å². The number of aromatic hydroxyl groups is 1. The van der Waals surface area contributed by atoms with Gasteiger partial charge in [-0.1, -0.05) is 39.0 Å². The lowest BCUT2D eigenvalue weighted by molar-refractivity contribution is 0.304. The minimum Gasteiger partial charge on any atom is -0.494 e. The van der Waals surface area contributed by atoms with Crippen LogP contribution in [0.4, 0.5) is 10.8 Å². The van der Waals surface area contributed by atoms with Gasteiger partial charge in [-0.15, -0.1) is 11.3 Å². The van der Waals surface area contributed by atoms with Crippen molar-refractivity contribution in [1.29, 1.82) is 0 Å². The Morgan fingerprint density at radius 3 is 2.50 bits per heavy atom. The summed E-state index contributed by atoms with van der Waals surface area (Å²) in [7, 11) is 0. The van der Waals surface area contributed by atoms with Crippen molar-refractivity contribution in [3.05, 3.63) is 29.6 Å². The lowest BCUT2D eigenvalue weighted by Crippen LogP contribution is -1.97. The molecule has 0 saturated heterocycles. The molecule has 0 unspecified atom stereocenters. The third-order valence-electron chi connectivity index (χ3n) is 3.36. The molecule has 0 saturated carbocycles. The Balaban J connectivity index is 1.66. The number of ether oxygens (including phenoxy) is 1. The van der Waals surface area contributed by atoms with Crippen LogP contribution in [0, 0.1) is 0 Å². The van der Waals surface area contributed by atoms with Crippen LogP contribution in [0.3, 0.4) is 0 Å². The van der Waals surface area contributed by atoms with Crippen LogP contribution in [0.5, 0.6) is 11.6 Å². The summed E-state index contributed by atoms with van der Waals surface area (Å²) in [5.74, 6) is 0.937. The molecule has 0 spiro atoms. The van der Waals surface area contributed by atoms with Crippen molar-refractivity contribution in [1.82, 2.24) is 4.98 Å². The van der Waals surface area contributed by atoms with Crippen LogP contribution >= 0.6 is 11.3 Å². The van der Waals surface area contributed by atoms with Gasteiger partial charge in [0.1, 0.15) is 5.75 Å². The number of rotatable bonds is 10. The molecule has 5 heteroatoms. The zero-order chi connectivity index (χ0) is 15.6. The van der Waals surface area contributed by atoms with E-state index in [0.717, 1.165) is 24.5 Å². The summed E-state index contributed by atoms with van der Waals surface area (Å²) in [5.41, 5.74) is 0.932. The quantitative estimate of drug-likeness (QED) is 0.581. The van der Waals surface area contributed by atoms with Crippen LogP contribution in [0.15, 0.2) is 29.6 Å². The van der Waals surface area contributed by atoms with E-state index in [1.165, 1.54) is 43.4 Å². The van der Waals surface area contributed by atoms with E-state index in [0.29, 0.717) is 5.13 Å². The van der Waals surface area contributed by atoms with Gasteiger partial charge in [-0.05, 0) is 30.7 Å². The first-order chi connectivity index (χ1) is 10.8. The van der Waals surface area contributed by atoms with Crippen molar-refractivity contribution in [2.75, 3.05) is 11.9 Å². The van der Waals surface area contributed by atoms with Crippen molar-refractivity contribution in [3.8, 4) is 11.6 Å². The maximum atomic E-state index is 9.20. The third-order valence-corrected chi connectivity index (χ3v) is 4.11. The highest BCUT2D eigenvalue weighted by Crippen LogP contribution is 2.25. The van der Waals surface area contributed by atoms with Crippen LogP contribution in [0.2, 0.25) is 0 Å². The highest BCUT2D eigenvalue weighted by Gasteiger charge is 2.01. The monoisotopic (exact) mass is 320 g/mol. The largest absolute Gasteiger partial charge is 0.494 e. The van der Waals surface area contributed by atoms with E-state index >= 15 is 0 Å². The van der Waals surface area contributed by atoms with Crippen molar-refractivity contribution in [3.63, 3.8) is 0 Å². The average Bonchev–Trinajstić information content (AvgIpc) is 2.93. The molecule has 1 aromatic heterocycles. The summed E-state index contributed by atoms with van der Waals surface area (Å²) in [5, 5.41) is 14.6. The van der Waals surface area contributed by atoms with Crippen molar-refractivity contribution >= 4 is 22.2 Å². The molecule has 1 heterocycles. The second kappa shape index (κ2) is 9.30. The molecule has 2 aromatic rings. The fourth-order valence-electron chi connectivity index (χ4n) is 2.15. The molecule has 0 aliphatic heterocycles. The number of aromatic nitrogens is 1. The Morgan fingerprint density at radius 2 is 1.82 bits per heavy atom. The molecule has 0 amide bonds. The summed E-state index contributed by atoms with van der Waals surface area (Å²) >= 11 is 1.37. The summed E-state index contributed by atoms with van der Waals surface area (Å²) in [4.78, 5) is 3.95. The second-order valence-corrected chi connectivity index (χ2v) is 6.13. The van der Waals surface area contributed by atoms with E-state index < -0.39 is 0 Å². The molecule has 0 bridgehead atoms. The van der Waals surface area contributed by atoms with E-state index in [2.05, 4.69) is 17.2 Å². The summed E-state index contributed by atoms with van der Waals surface area (Å²) in [6.45, 7) is 3.01. The molecule has 4 nitrogen and oxygen atoms in total. The Hall–Kier alpha value is -1.75. The fourth-order valence-corrected chi connectivity index (χ4v) is 2.75. The third kappa shape index (κ3) is 5.93. The first-order valence-corrected chi connectivity index (χ1v) is 8.80. The van der Waals surface area contributed by atoms with Crippen LogP contribution in [0.1, 0.15) is 45.4 Å². The second-order valence-electron chi connectivity index (χ2n) is 5.28. The normalized spacial score (nSPS) is 10.6. The van der Waals surface area contributed by atoms with Gasteiger partial charge in [0.2, 0.25) is 5.88 Å². The summed E-state index contributed by atoms with van der Waals surface area (Å²) < 4.78 is 5.74. The maximum absolute atomic E-state index is 9.20. The number of nitrogens with one attached hydrogen (secondary N) is 1. The van der Waals surface area contributed by atoms with E-state index in [-0.39, 0.29) is 5.88 Å². The molecular weight excluding hydrogens is 296 g/mol. The average molecular weight is 320 g/mol. The van der Waals surface area contributed by atoms with E-state index in [9.17, 15) is 5.11 Å². The fraction of sp³-hybridized carbons (Fsp3) is 0.471. The minimum atomic E-state index is 0.0476. The molecule has 0 fully saturated rings. The molecule has 0 aliphatic carbocycles. The lowest BCUT2D eigenvalue weighted by atomic mass is 10.1. The number of hydrogen-bond donors (Lipinski definition) is 2. The van der Waals surface area contributed by atoms with Crippen LogP contribution < -0.4 is 10.1 Å². The topological polar surface area (TPSA) is 54.4 Å². The van der Waals surface area contributed by atoms with Gasteiger partial charge in [-0.25, -0.2) is 0 Å². The minimum absolute atomic E-state index is 0.0476. The highest BCUT2D eigenvalue weighted by atomic mass is 32.1. The van der Waals surface area contributed by atoms with E-state index in [1.807, 2.05) is 24.3 Å². The van der Waals surface area contributed by atoms with Gasteiger partial charge in [0.15, 0.2) is 5.13 Å². The van der Waals surface area contributed by atoms with Gasteiger partial charge in [-0.2, -0.15) is 4.98 Å². The van der Waals surface area contributed by atoms with E-state index in [1.54, 1.807) is 5.38 Å². The number of unbranched alkanes of at least 4 members (excludes halogenated alkanes) is 5. The SMILES string of the molecule is CCCCCCCCOc1ccc(Nc2nc(O)cs2)cc1. The predicted molar refractivity (Wildman–Crippen MR) is 92.4 cm³/mol. The number of hydrogen-bond acceptors (Lipinski definition) is 5. The zero-order valence-electron chi connectivity index (χ0n) is 13.0. The number of benzene rings is 1. The first kappa shape index (κ1) is 16.6. The highest BCUT2D eigenvalue weighted by molar-refractivity contribution is 7.13. The van der Waals surface area contributed by atoms with Crippen LogP contribution in [-0.2, 0) is 0 Å². The molecule has 2 N–H and O–H groups in total. The molecule has 2 rings (SSSR count). The van der Waals surface area contributed by atoms with Gasteiger partial charge in [0.25, 0.3) is 0 Å². The van der Waals surface area contributed by atoms with Crippen molar-refractivity contribution in [2.24, 2.45) is 0 Å². The molecule has 0 aliphatic rings. The van der Waals surface area contributed by atoms with Gasteiger partial charge >= 0.3 is 0 Å². The smallest absolute Gasteiger partial charge is 0.223 e. The Labute approximate surface area is 136 Å². The lowest BCUT2D eigenvalue weighted by Gasteiger charge is -2.07. The maximum Gasteiger partial charge on any atom is 0.223 e. The molecule has 22 heavy (non-hydrogen) atoms. The molecule has 0 radical (unpaired) electrons. The summed E-state index contributed by atoms with van der Waals surface area (Å²) in [6, 6.07) is 7.81. The Kier molecular flexibility index (Phi) is 7.03. The Bertz CT molecular complexity index is 540. The van der Waals surface area contributed by atoms with Crippen LogP contribution in [-0.4, -0.2) is 16.7 Å². The Morgan fingerprint density at radius 1 is 1.09 bits per heavy atom. The molecule has 0 atom stereocenters. The van der Waals surface area contributed by atoms with E-state index in [4.69, 9.17) is 4.74 Å². The van der Waals surface area contributed by atoms with Crippen LogP contribution in [0.25, 0.3) is 0 Å². The standard InChI is InChI=1S/C17H24N2O2S/c1-2-3-4-5-6-7-12-21-15-10-8-14(9-11-15)18-17-19-16(20)13-22-17/h8-11,13,20H,2-7,12H2,1H3,(H,18,19). The van der Waals surface area contributed by atoms with Crippen molar-refractivity contribution in [2.45, 2.75) is 45.4 Å². The van der Waals surface area contributed by atoms with Crippen molar-refractivity contribution < 1.29 is 9.84 Å². The molecule has 1 aromatic carbocycles. The number of thiazole rings is 1. The number of nitrogens with zero attached hydrogens (tertiary/aromatic N) is 1. The summed E-state index contributed by atoms with van der Waals surface area (Å²) in [6.07, 6.45) is 7.63. The molecule has 120 valence electrons. The number of anilines is 2. The van der Waals surface area contributed by atoms with Gasteiger partial charge in [0, 0.05) is 5.69 Å². The van der Waals surface area contributed by atoms with Gasteiger partial charge in [0.05, 0.1) is 12.0 Å². The molecular formula is C17H24N2O2S. The van der Waals surface area contributed by atoms with Gasteiger partial charge in [-0.3, -0.25) is 0 Å². The zero-order valence-corrected chi connectivity index (χ0v) is 13.9. The first-order valence-electron chi connectivity index (χ1n) is 7.92. The predicted octanol–water partition coefficient (Wildman–Crippen LogP) is 5.33.